The maximum atomic E-state index is 12.6. The zero-order valence-corrected chi connectivity index (χ0v) is 8.82. The molecule has 0 aliphatic heterocycles. The molecule has 0 radical (unpaired) electrons. The second kappa shape index (κ2) is 4.66. The first-order valence-corrected chi connectivity index (χ1v) is 4.58. The van der Waals surface area contributed by atoms with Crippen LogP contribution in [-0.2, 0) is 11.3 Å². The summed E-state index contributed by atoms with van der Waals surface area (Å²) in [6.07, 6.45) is -2.20. The molecule has 0 saturated carbocycles. The molecule has 0 saturated heterocycles. The van der Waals surface area contributed by atoms with Crippen LogP contribution in [0, 0.1) is 0 Å². The summed E-state index contributed by atoms with van der Waals surface area (Å²) in [6, 6.07) is 1.50. The minimum absolute atomic E-state index is 0.0872. The molecule has 17 heavy (non-hydrogen) atoms. The van der Waals surface area contributed by atoms with Gasteiger partial charge in [0.1, 0.15) is 5.82 Å². The van der Waals surface area contributed by atoms with Crippen molar-refractivity contribution in [1.82, 2.24) is 15.3 Å². The van der Waals surface area contributed by atoms with E-state index in [2.05, 4.69) is 9.97 Å². The van der Waals surface area contributed by atoms with E-state index in [4.69, 9.17) is 5.11 Å². The fourth-order valence-electron chi connectivity index (χ4n) is 0.974. The van der Waals surface area contributed by atoms with Gasteiger partial charge in [0, 0.05) is 12.4 Å². The molecule has 1 aromatic heterocycles. The number of nitrogens with zero attached hydrogens (tertiary/aromatic N) is 2. The van der Waals surface area contributed by atoms with E-state index in [-0.39, 0.29) is 12.4 Å². The number of carbonyl (C=O) groups is 1. The zero-order valence-electron chi connectivity index (χ0n) is 8.82. The number of aliphatic carboxylic acids is 1. The molecule has 1 aromatic rings. The molecule has 8 heteroatoms. The number of halogens is 3. The van der Waals surface area contributed by atoms with Gasteiger partial charge in [-0.1, -0.05) is 0 Å². The van der Waals surface area contributed by atoms with E-state index in [1.165, 1.54) is 18.5 Å². The Labute approximate surface area is 94.7 Å². The van der Waals surface area contributed by atoms with Gasteiger partial charge in [0.15, 0.2) is 0 Å². The molecule has 0 spiro atoms. The van der Waals surface area contributed by atoms with Crippen LogP contribution in [0.25, 0.3) is 0 Å². The van der Waals surface area contributed by atoms with Crippen LogP contribution in [0.3, 0.4) is 0 Å². The van der Waals surface area contributed by atoms with Crippen LogP contribution in [0.15, 0.2) is 18.5 Å². The molecule has 1 rings (SSSR count). The molecule has 0 bridgehead atoms. The smallest absolute Gasteiger partial charge is 0.417 e. The number of rotatable bonds is 4. The standard InChI is InChI=1S/C9H10F3N3O2/c1-8(7(16)17,9(10,11)12)15-5-6-13-3-2-4-14-6/h2-4,15H,5H2,1H3,(H,16,17). The van der Waals surface area contributed by atoms with Crippen molar-refractivity contribution in [3.05, 3.63) is 24.3 Å². The van der Waals surface area contributed by atoms with Crippen LogP contribution >= 0.6 is 0 Å². The lowest BCUT2D eigenvalue weighted by Gasteiger charge is -2.28. The quantitative estimate of drug-likeness (QED) is 0.831. The van der Waals surface area contributed by atoms with E-state index in [0.29, 0.717) is 6.92 Å². The third-order valence-corrected chi connectivity index (χ3v) is 2.21. The summed E-state index contributed by atoms with van der Waals surface area (Å²) in [4.78, 5) is 18.0. The number of alkyl halides is 3. The number of carboxylic acids is 1. The Morgan fingerprint density at radius 3 is 2.35 bits per heavy atom. The van der Waals surface area contributed by atoms with Crippen molar-refractivity contribution < 1.29 is 23.1 Å². The molecule has 0 aliphatic carbocycles. The predicted octanol–water partition coefficient (Wildman–Crippen LogP) is 0.972. The van der Waals surface area contributed by atoms with Crippen LogP contribution in [0.1, 0.15) is 12.7 Å². The highest BCUT2D eigenvalue weighted by molar-refractivity contribution is 5.79. The lowest BCUT2D eigenvalue weighted by Crippen LogP contribution is -2.59. The van der Waals surface area contributed by atoms with Gasteiger partial charge in [0.05, 0.1) is 6.54 Å². The van der Waals surface area contributed by atoms with Gasteiger partial charge < -0.3 is 5.11 Å². The van der Waals surface area contributed by atoms with Gasteiger partial charge in [-0.25, -0.2) is 14.8 Å². The maximum Gasteiger partial charge on any atom is 0.417 e. The third-order valence-electron chi connectivity index (χ3n) is 2.21. The Morgan fingerprint density at radius 2 is 1.94 bits per heavy atom. The van der Waals surface area contributed by atoms with Gasteiger partial charge in [-0.3, -0.25) is 5.32 Å². The van der Waals surface area contributed by atoms with E-state index in [0.717, 1.165) is 0 Å². The lowest BCUT2D eigenvalue weighted by atomic mass is 10.0. The van der Waals surface area contributed by atoms with Gasteiger partial charge in [-0.15, -0.1) is 0 Å². The average molecular weight is 249 g/mol. The molecule has 0 amide bonds. The van der Waals surface area contributed by atoms with Gasteiger partial charge in [-0.05, 0) is 13.0 Å². The number of aromatic nitrogens is 2. The molecule has 0 fully saturated rings. The second-order valence-electron chi connectivity index (χ2n) is 3.45. The fourth-order valence-corrected chi connectivity index (χ4v) is 0.974. The molecular formula is C9H10F3N3O2. The Bertz CT molecular complexity index is 396. The van der Waals surface area contributed by atoms with E-state index in [1.807, 2.05) is 5.32 Å². The molecule has 2 N–H and O–H groups in total. The highest BCUT2D eigenvalue weighted by Crippen LogP contribution is 2.30. The van der Waals surface area contributed by atoms with Crippen LogP contribution < -0.4 is 5.32 Å². The van der Waals surface area contributed by atoms with E-state index >= 15 is 0 Å². The summed E-state index contributed by atoms with van der Waals surface area (Å²) >= 11 is 0. The summed E-state index contributed by atoms with van der Waals surface area (Å²) < 4.78 is 37.7. The number of hydrogen-bond acceptors (Lipinski definition) is 4. The predicted molar refractivity (Wildman–Crippen MR) is 51.0 cm³/mol. The molecule has 5 nitrogen and oxygen atoms in total. The average Bonchev–Trinajstić information content (AvgIpc) is 2.25. The first-order chi connectivity index (χ1) is 7.77. The van der Waals surface area contributed by atoms with Gasteiger partial charge in [0.25, 0.3) is 0 Å². The minimum atomic E-state index is -4.91. The molecule has 1 heterocycles. The molecule has 94 valence electrons. The van der Waals surface area contributed by atoms with Crippen molar-refractivity contribution in [2.45, 2.75) is 25.2 Å². The summed E-state index contributed by atoms with van der Waals surface area (Å²) in [6.45, 7) is 0.168. The van der Waals surface area contributed by atoms with Crippen molar-refractivity contribution >= 4 is 5.97 Å². The topological polar surface area (TPSA) is 75.1 Å². The minimum Gasteiger partial charge on any atom is -0.480 e. The SMILES string of the molecule is CC(NCc1ncccn1)(C(=O)O)C(F)(F)F. The van der Waals surface area contributed by atoms with Crippen molar-refractivity contribution in [3.63, 3.8) is 0 Å². The summed E-state index contributed by atoms with van der Waals surface area (Å²) in [5.74, 6) is -1.91. The first kappa shape index (κ1) is 13.4. The van der Waals surface area contributed by atoms with Crippen molar-refractivity contribution in [3.8, 4) is 0 Å². The summed E-state index contributed by atoms with van der Waals surface area (Å²) in [7, 11) is 0. The number of carboxylic acid groups (broad SMARTS) is 1. The molecule has 1 atom stereocenters. The number of nitrogens with one attached hydrogen (secondary N) is 1. The van der Waals surface area contributed by atoms with E-state index in [9.17, 15) is 18.0 Å². The molecule has 0 aliphatic rings. The van der Waals surface area contributed by atoms with Crippen molar-refractivity contribution in [2.75, 3.05) is 0 Å². The van der Waals surface area contributed by atoms with E-state index < -0.39 is 17.7 Å². The Balaban J connectivity index is 2.80. The van der Waals surface area contributed by atoms with Crippen molar-refractivity contribution in [2.24, 2.45) is 0 Å². The van der Waals surface area contributed by atoms with Gasteiger partial charge in [-0.2, -0.15) is 13.2 Å². The lowest BCUT2D eigenvalue weighted by molar-refractivity contribution is -0.206. The molecule has 0 aromatic carbocycles. The Hall–Kier alpha value is -1.70. The second-order valence-corrected chi connectivity index (χ2v) is 3.45. The highest BCUT2D eigenvalue weighted by atomic mass is 19.4. The van der Waals surface area contributed by atoms with Gasteiger partial charge >= 0.3 is 12.1 Å². The maximum absolute atomic E-state index is 12.6. The number of hydrogen-bond donors (Lipinski definition) is 2. The Kier molecular flexibility index (Phi) is 3.66. The zero-order chi connectivity index (χ0) is 13.1. The molecular weight excluding hydrogens is 239 g/mol. The first-order valence-electron chi connectivity index (χ1n) is 4.58. The van der Waals surface area contributed by atoms with Crippen LogP contribution in [0.4, 0.5) is 13.2 Å². The van der Waals surface area contributed by atoms with Crippen molar-refractivity contribution in [1.29, 1.82) is 0 Å². The monoisotopic (exact) mass is 249 g/mol. The highest BCUT2D eigenvalue weighted by Gasteiger charge is 2.57. The third kappa shape index (κ3) is 2.90. The largest absolute Gasteiger partial charge is 0.480 e. The normalized spacial score (nSPS) is 15.3. The van der Waals surface area contributed by atoms with E-state index in [1.54, 1.807) is 0 Å². The fraction of sp³-hybridized carbons (Fsp3) is 0.444. The Morgan fingerprint density at radius 1 is 1.41 bits per heavy atom. The van der Waals surface area contributed by atoms with Crippen LogP contribution in [0.2, 0.25) is 0 Å². The summed E-state index contributed by atoms with van der Waals surface area (Å²) in [5.41, 5.74) is -3.02. The van der Waals surface area contributed by atoms with Crippen LogP contribution in [0.5, 0.6) is 0 Å². The summed E-state index contributed by atoms with van der Waals surface area (Å²) in [5, 5.41) is 10.5. The van der Waals surface area contributed by atoms with Gasteiger partial charge in [0.2, 0.25) is 5.54 Å². The van der Waals surface area contributed by atoms with Crippen LogP contribution in [-0.4, -0.2) is 32.8 Å². The molecule has 1 unspecified atom stereocenters.